The number of imide groups is 1. The molecule has 1 fully saturated rings. The summed E-state index contributed by atoms with van der Waals surface area (Å²) in [5.41, 5.74) is 0.192. The molecule has 2 aromatic carbocycles. The molecule has 8 heteroatoms. The summed E-state index contributed by atoms with van der Waals surface area (Å²) in [6.45, 7) is 1.52. The van der Waals surface area contributed by atoms with Crippen molar-refractivity contribution < 1.29 is 18.8 Å². The van der Waals surface area contributed by atoms with Crippen LogP contribution in [-0.2, 0) is 21.5 Å². The van der Waals surface area contributed by atoms with Crippen LogP contribution in [0.4, 0.5) is 9.18 Å². The number of amides is 4. The van der Waals surface area contributed by atoms with Crippen molar-refractivity contribution in [3.8, 4) is 0 Å². The molecule has 6 nitrogen and oxygen atoms in total. The molecule has 1 aliphatic heterocycles. The third kappa shape index (κ3) is 4.14. The van der Waals surface area contributed by atoms with Gasteiger partial charge in [0.1, 0.15) is 17.9 Å². The number of hydrogen-bond acceptors (Lipinski definition) is 3. The van der Waals surface area contributed by atoms with E-state index >= 15 is 0 Å². The van der Waals surface area contributed by atoms with Gasteiger partial charge in [-0.25, -0.2) is 9.18 Å². The van der Waals surface area contributed by atoms with E-state index in [4.69, 9.17) is 11.6 Å². The first-order chi connectivity index (χ1) is 13.3. The van der Waals surface area contributed by atoms with E-state index in [9.17, 15) is 18.8 Å². The van der Waals surface area contributed by atoms with Crippen LogP contribution in [0.1, 0.15) is 18.1 Å². The van der Waals surface area contributed by atoms with Gasteiger partial charge in [0, 0.05) is 11.6 Å². The van der Waals surface area contributed by atoms with Gasteiger partial charge in [0.15, 0.2) is 0 Å². The number of urea groups is 1. The quantitative estimate of drug-likeness (QED) is 0.728. The molecule has 0 aliphatic carbocycles. The second-order valence-corrected chi connectivity index (χ2v) is 7.12. The number of benzene rings is 2. The molecule has 1 atom stereocenters. The lowest BCUT2D eigenvalue weighted by Crippen LogP contribution is -2.43. The van der Waals surface area contributed by atoms with Crippen LogP contribution in [0.15, 0.2) is 48.5 Å². The lowest BCUT2D eigenvalue weighted by molar-refractivity contribution is -0.134. The maximum atomic E-state index is 12.9. The van der Waals surface area contributed by atoms with Gasteiger partial charge in [0.05, 0.1) is 0 Å². The molecular formula is C20H19ClFN3O3. The average Bonchev–Trinajstić information content (AvgIpc) is 2.88. The summed E-state index contributed by atoms with van der Waals surface area (Å²) in [4.78, 5) is 38.1. The first-order valence-corrected chi connectivity index (χ1v) is 9.09. The lowest BCUT2D eigenvalue weighted by Gasteiger charge is -2.22. The minimum absolute atomic E-state index is 0.308. The zero-order valence-corrected chi connectivity index (χ0v) is 15.9. The maximum Gasteiger partial charge on any atom is 0.325 e. The van der Waals surface area contributed by atoms with Crippen molar-refractivity contribution in [3.05, 3.63) is 70.5 Å². The van der Waals surface area contributed by atoms with E-state index < -0.39 is 23.4 Å². The van der Waals surface area contributed by atoms with Gasteiger partial charge in [0.25, 0.3) is 5.91 Å². The average molecular weight is 404 g/mol. The minimum Gasteiger partial charge on any atom is -0.354 e. The van der Waals surface area contributed by atoms with E-state index in [0.29, 0.717) is 23.6 Å². The van der Waals surface area contributed by atoms with Crippen LogP contribution in [-0.4, -0.2) is 35.8 Å². The normalized spacial score (nSPS) is 18.9. The van der Waals surface area contributed by atoms with E-state index in [0.717, 1.165) is 10.5 Å². The van der Waals surface area contributed by atoms with Crippen molar-refractivity contribution in [2.24, 2.45) is 0 Å². The summed E-state index contributed by atoms with van der Waals surface area (Å²) in [6, 6.07) is 11.9. The van der Waals surface area contributed by atoms with Gasteiger partial charge in [-0.1, -0.05) is 35.9 Å². The number of nitrogens with zero attached hydrogens (tertiary/aromatic N) is 1. The van der Waals surface area contributed by atoms with Gasteiger partial charge >= 0.3 is 6.03 Å². The number of carbonyl (C=O) groups is 3. The summed E-state index contributed by atoms with van der Waals surface area (Å²) in [5, 5.41) is 5.82. The van der Waals surface area contributed by atoms with Crippen molar-refractivity contribution >= 4 is 29.4 Å². The highest BCUT2D eigenvalue weighted by atomic mass is 35.5. The Morgan fingerprint density at radius 3 is 2.43 bits per heavy atom. The van der Waals surface area contributed by atoms with Crippen LogP contribution >= 0.6 is 11.6 Å². The first-order valence-electron chi connectivity index (χ1n) is 8.71. The van der Waals surface area contributed by atoms with E-state index in [1.807, 2.05) is 0 Å². The number of halogens is 2. The molecular weight excluding hydrogens is 385 g/mol. The molecule has 2 N–H and O–H groups in total. The number of carbonyl (C=O) groups excluding carboxylic acids is 3. The van der Waals surface area contributed by atoms with E-state index in [1.165, 1.54) is 12.1 Å². The van der Waals surface area contributed by atoms with Gasteiger partial charge in [-0.2, -0.15) is 0 Å². The summed E-state index contributed by atoms with van der Waals surface area (Å²) in [7, 11) is 0. The Morgan fingerprint density at radius 1 is 1.14 bits per heavy atom. The standard InChI is InChI=1S/C20H19ClFN3O3/c1-20(14-4-6-15(21)7-5-14)18(27)25(19(28)24-20)12-17(26)23-11-10-13-2-8-16(22)9-3-13/h2-9H,10-12H2,1H3,(H,23,26)(H,24,28)/t20-/m0/s1. The molecule has 2 aromatic rings. The predicted octanol–water partition coefficient (Wildman–Crippen LogP) is 2.61. The van der Waals surface area contributed by atoms with E-state index in [-0.39, 0.29) is 12.4 Å². The second-order valence-electron chi connectivity index (χ2n) is 6.68. The Balaban J connectivity index is 1.58. The Hall–Kier alpha value is -2.93. The molecule has 1 saturated heterocycles. The maximum absolute atomic E-state index is 12.9. The molecule has 1 heterocycles. The van der Waals surface area contributed by atoms with Gasteiger partial charge in [-0.3, -0.25) is 14.5 Å². The fraction of sp³-hybridized carbons (Fsp3) is 0.250. The van der Waals surface area contributed by atoms with Gasteiger partial charge in [0.2, 0.25) is 5.91 Å². The molecule has 3 rings (SSSR count). The summed E-state index contributed by atoms with van der Waals surface area (Å²) >= 11 is 5.87. The molecule has 0 saturated carbocycles. The SMILES string of the molecule is C[C@@]1(c2ccc(Cl)cc2)NC(=O)N(CC(=O)NCCc2ccc(F)cc2)C1=O. The Morgan fingerprint density at radius 2 is 1.79 bits per heavy atom. The highest BCUT2D eigenvalue weighted by Crippen LogP contribution is 2.29. The van der Waals surface area contributed by atoms with Crippen molar-refractivity contribution in [2.45, 2.75) is 18.9 Å². The summed E-state index contributed by atoms with van der Waals surface area (Å²) in [6.07, 6.45) is 0.509. The molecule has 0 spiro atoms. The summed E-state index contributed by atoms with van der Waals surface area (Å²) < 4.78 is 12.9. The fourth-order valence-corrected chi connectivity index (χ4v) is 3.14. The zero-order valence-electron chi connectivity index (χ0n) is 15.2. The van der Waals surface area contributed by atoms with E-state index in [2.05, 4.69) is 10.6 Å². The van der Waals surface area contributed by atoms with Crippen LogP contribution in [0.5, 0.6) is 0 Å². The Labute approximate surface area is 166 Å². The molecule has 0 radical (unpaired) electrons. The number of nitrogens with one attached hydrogen (secondary N) is 2. The van der Waals surface area contributed by atoms with Crippen LogP contribution in [0.2, 0.25) is 5.02 Å². The molecule has 28 heavy (non-hydrogen) atoms. The van der Waals surface area contributed by atoms with Crippen molar-refractivity contribution in [1.82, 2.24) is 15.5 Å². The number of hydrogen-bond donors (Lipinski definition) is 2. The highest BCUT2D eigenvalue weighted by molar-refractivity contribution is 6.30. The monoisotopic (exact) mass is 403 g/mol. The zero-order chi connectivity index (χ0) is 20.3. The van der Waals surface area contributed by atoms with E-state index in [1.54, 1.807) is 43.3 Å². The third-order valence-corrected chi connectivity index (χ3v) is 4.90. The van der Waals surface area contributed by atoms with Crippen molar-refractivity contribution in [2.75, 3.05) is 13.1 Å². The van der Waals surface area contributed by atoms with Crippen molar-refractivity contribution in [3.63, 3.8) is 0 Å². The fourth-order valence-electron chi connectivity index (χ4n) is 3.02. The molecule has 0 aromatic heterocycles. The number of rotatable bonds is 6. The smallest absolute Gasteiger partial charge is 0.325 e. The van der Waals surface area contributed by atoms with Crippen LogP contribution in [0.25, 0.3) is 0 Å². The van der Waals surface area contributed by atoms with Gasteiger partial charge < -0.3 is 10.6 Å². The van der Waals surface area contributed by atoms with Crippen LogP contribution in [0.3, 0.4) is 0 Å². The van der Waals surface area contributed by atoms with Crippen molar-refractivity contribution in [1.29, 1.82) is 0 Å². The molecule has 0 unspecified atom stereocenters. The second kappa shape index (κ2) is 7.98. The van der Waals surface area contributed by atoms with Crippen LogP contribution in [0, 0.1) is 5.82 Å². The minimum atomic E-state index is -1.25. The molecule has 4 amide bonds. The summed E-state index contributed by atoms with van der Waals surface area (Å²) in [5.74, 6) is -1.28. The largest absolute Gasteiger partial charge is 0.354 e. The predicted molar refractivity (Wildman–Crippen MR) is 102 cm³/mol. The molecule has 146 valence electrons. The topological polar surface area (TPSA) is 78.5 Å². The van der Waals surface area contributed by atoms with Gasteiger partial charge in [-0.15, -0.1) is 0 Å². The third-order valence-electron chi connectivity index (χ3n) is 4.65. The first kappa shape index (κ1) is 19.8. The molecule has 1 aliphatic rings. The lowest BCUT2D eigenvalue weighted by atomic mass is 9.92. The Bertz CT molecular complexity index is 902. The highest BCUT2D eigenvalue weighted by Gasteiger charge is 2.49. The molecule has 0 bridgehead atoms. The Kier molecular flexibility index (Phi) is 5.65. The van der Waals surface area contributed by atoms with Crippen LogP contribution < -0.4 is 10.6 Å². The van der Waals surface area contributed by atoms with Gasteiger partial charge in [-0.05, 0) is 48.7 Å².